The van der Waals surface area contributed by atoms with Gasteiger partial charge in [0.1, 0.15) is 11.6 Å². The first-order valence-corrected chi connectivity index (χ1v) is 9.22. The molecule has 0 bridgehead atoms. The van der Waals surface area contributed by atoms with E-state index >= 15 is 0 Å². The molecule has 3 aromatic rings. The maximum Gasteiger partial charge on any atom is 0.240 e. The Morgan fingerprint density at radius 2 is 1.58 bits per heavy atom. The van der Waals surface area contributed by atoms with Crippen LogP contribution >= 0.6 is 0 Å². The molecule has 1 aromatic heterocycles. The highest BCUT2D eigenvalue weighted by Crippen LogP contribution is 2.11. The highest BCUT2D eigenvalue weighted by Gasteiger charge is 2.14. The van der Waals surface area contributed by atoms with Gasteiger partial charge in [-0.2, -0.15) is 4.98 Å². The summed E-state index contributed by atoms with van der Waals surface area (Å²) in [4.78, 5) is 4.15. The van der Waals surface area contributed by atoms with E-state index in [-0.39, 0.29) is 29.6 Å². The van der Waals surface area contributed by atoms with Crippen LogP contribution in [0.15, 0.2) is 57.9 Å². The predicted molar refractivity (Wildman–Crippen MR) is 88.8 cm³/mol. The molecule has 3 rings (SSSR count). The average Bonchev–Trinajstić information content (AvgIpc) is 3.04. The number of aromatic nitrogens is 2. The van der Waals surface area contributed by atoms with Gasteiger partial charge in [0.2, 0.25) is 15.9 Å². The molecule has 0 fully saturated rings. The van der Waals surface area contributed by atoms with Crippen molar-refractivity contribution in [1.29, 1.82) is 0 Å². The molecule has 0 unspecified atom stereocenters. The molecule has 6 nitrogen and oxygen atoms in total. The summed E-state index contributed by atoms with van der Waals surface area (Å²) in [5.74, 6) is -0.128. The molecule has 2 aromatic carbocycles. The lowest BCUT2D eigenvalue weighted by Crippen LogP contribution is -2.26. The zero-order valence-electron chi connectivity index (χ0n) is 13.5. The second-order valence-electron chi connectivity index (χ2n) is 5.51. The number of nitrogens with one attached hydrogen (secondary N) is 1. The van der Waals surface area contributed by atoms with Crippen molar-refractivity contribution in [2.24, 2.45) is 0 Å². The van der Waals surface area contributed by atoms with Gasteiger partial charge < -0.3 is 4.52 Å². The average molecular weight is 379 g/mol. The van der Waals surface area contributed by atoms with E-state index in [0.717, 1.165) is 17.7 Å². The SMILES string of the molecule is O=S(=O)(NCCc1nc(Cc2ccc(F)cc2)no1)c1ccc(F)cc1. The Bertz CT molecular complexity index is 971. The maximum atomic E-state index is 12.9. The second kappa shape index (κ2) is 7.71. The molecule has 0 saturated heterocycles. The smallest absolute Gasteiger partial charge is 0.240 e. The molecular formula is C17H15F2N3O3S. The Morgan fingerprint density at radius 1 is 0.962 bits per heavy atom. The Kier molecular flexibility index (Phi) is 5.38. The Labute approximate surface area is 148 Å². The zero-order chi connectivity index (χ0) is 18.6. The molecule has 0 saturated carbocycles. The summed E-state index contributed by atoms with van der Waals surface area (Å²) in [6.45, 7) is 0.0535. The first-order chi connectivity index (χ1) is 12.4. The largest absolute Gasteiger partial charge is 0.339 e. The van der Waals surface area contributed by atoms with Crippen molar-refractivity contribution in [3.8, 4) is 0 Å². The lowest BCUT2D eigenvalue weighted by molar-refractivity contribution is 0.374. The second-order valence-corrected chi connectivity index (χ2v) is 7.28. The third-order valence-electron chi connectivity index (χ3n) is 3.54. The Morgan fingerprint density at radius 3 is 2.23 bits per heavy atom. The van der Waals surface area contributed by atoms with E-state index in [1.165, 1.54) is 24.3 Å². The molecule has 0 aliphatic heterocycles. The topological polar surface area (TPSA) is 85.1 Å². The molecule has 0 aliphatic carbocycles. The third-order valence-corrected chi connectivity index (χ3v) is 5.02. The van der Waals surface area contributed by atoms with Crippen LogP contribution in [0.2, 0.25) is 0 Å². The van der Waals surface area contributed by atoms with Crippen LogP contribution in [-0.4, -0.2) is 25.1 Å². The van der Waals surface area contributed by atoms with Gasteiger partial charge in [-0.15, -0.1) is 0 Å². The van der Waals surface area contributed by atoms with E-state index in [1.54, 1.807) is 12.1 Å². The molecule has 0 spiro atoms. The molecular weight excluding hydrogens is 364 g/mol. The fraction of sp³-hybridized carbons (Fsp3) is 0.176. The number of nitrogens with zero attached hydrogens (tertiary/aromatic N) is 2. The molecule has 26 heavy (non-hydrogen) atoms. The van der Waals surface area contributed by atoms with Crippen LogP contribution in [0.3, 0.4) is 0 Å². The van der Waals surface area contributed by atoms with Gasteiger partial charge in [0.15, 0.2) is 5.82 Å². The van der Waals surface area contributed by atoms with Crippen molar-refractivity contribution in [3.05, 3.63) is 77.4 Å². The minimum atomic E-state index is -3.74. The summed E-state index contributed by atoms with van der Waals surface area (Å²) >= 11 is 0. The third kappa shape index (κ3) is 4.70. The number of hydrogen-bond acceptors (Lipinski definition) is 5. The first-order valence-electron chi connectivity index (χ1n) is 7.73. The molecule has 9 heteroatoms. The Balaban J connectivity index is 1.54. The van der Waals surface area contributed by atoms with Crippen LogP contribution in [0.25, 0.3) is 0 Å². The van der Waals surface area contributed by atoms with Crippen LogP contribution in [0.1, 0.15) is 17.3 Å². The monoisotopic (exact) mass is 379 g/mol. The van der Waals surface area contributed by atoms with Crippen molar-refractivity contribution < 1.29 is 21.7 Å². The molecule has 1 N–H and O–H groups in total. The van der Waals surface area contributed by atoms with E-state index < -0.39 is 15.8 Å². The molecule has 0 aliphatic rings. The summed E-state index contributed by atoms with van der Waals surface area (Å²) in [5.41, 5.74) is 0.829. The quantitative estimate of drug-likeness (QED) is 0.682. The number of rotatable bonds is 7. The number of benzene rings is 2. The van der Waals surface area contributed by atoms with Crippen molar-refractivity contribution in [2.45, 2.75) is 17.7 Å². The van der Waals surface area contributed by atoms with Crippen molar-refractivity contribution >= 4 is 10.0 Å². The minimum Gasteiger partial charge on any atom is -0.339 e. The summed E-state index contributed by atoms with van der Waals surface area (Å²) in [7, 11) is -3.74. The number of hydrogen-bond donors (Lipinski definition) is 1. The molecule has 0 amide bonds. The molecule has 0 atom stereocenters. The highest BCUT2D eigenvalue weighted by atomic mass is 32.2. The maximum absolute atomic E-state index is 12.9. The Hall–Kier alpha value is -2.65. The van der Waals surface area contributed by atoms with Crippen molar-refractivity contribution in [1.82, 2.24) is 14.9 Å². The van der Waals surface area contributed by atoms with Gasteiger partial charge in [0.25, 0.3) is 0 Å². The van der Waals surface area contributed by atoms with Gasteiger partial charge in [-0.3, -0.25) is 0 Å². The summed E-state index contributed by atoms with van der Waals surface area (Å²) in [6.07, 6.45) is 0.585. The fourth-order valence-electron chi connectivity index (χ4n) is 2.24. The van der Waals surface area contributed by atoms with Crippen LogP contribution in [0.4, 0.5) is 8.78 Å². The van der Waals surface area contributed by atoms with Gasteiger partial charge in [-0.25, -0.2) is 21.9 Å². The summed E-state index contributed by atoms with van der Waals surface area (Å²) in [5, 5.41) is 3.82. The molecule has 1 heterocycles. The van der Waals surface area contributed by atoms with Gasteiger partial charge in [-0.05, 0) is 42.0 Å². The fourth-order valence-corrected chi connectivity index (χ4v) is 3.27. The van der Waals surface area contributed by atoms with Crippen LogP contribution < -0.4 is 4.72 Å². The van der Waals surface area contributed by atoms with Gasteiger partial charge in [0.05, 0.1) is 4.90 Å². The van der Waals surface area contributed by atoms with Crippen molar-refractivity contribution in [3.63, 3.8) is 0 Å². The normalized spacial score (nSPS) is 11.6. The van der Waals surface area contributed by atoms with Gasteiger partial charge in [-0.1, -0.05) is 17.3 Å². The van der Waals surface area contributed by atoms with Crippen molar-refractivity contribution in [2.75, 3.05) is 6.54 Å². The van der Waals surface area contributed by atoms with E-state index in [4.69, 9.17) is 4.52 Å². The highest BCUT2D eigenvalue weighted by molar-refractivity contribution is 7.89. The van der Waals surface area contributed by atoms with E-state index in [2.05, 4.69) is 14.9 Å². The number of sulfonamides is 1. The van der Waals surface area contributed by atoms with E-state index in [0.29, 0.717) is 12.2 Å². The van der Waals surface area contributed by atoms with E-state index in [1.807, 2.05) is 0 Å². The predicted octanol–water partition coefficient (Wildman–Crippen LogP) is 2.46. The minimum absolute atomic E-state index is 0.0265. The summed E-state index contributed by atoms with van der Waals surface area (Å²) in [6, 6.07) is 10.5. The lowest BCUT2D eigenvalue weighted by Gasteiger charge is -2.05. The number of halogens is 2. The van der Waals surface area contributed by atoms with Gasteiger partial charge in [0, 0.05) is 19.4 Å². The van der Waals surface area contributed by atoms with Crippen LogP contribution in [0, 0.1) is 11.6 Å². The van der Waals surface area contributed by atoms with Crippen LogP contribution in [0.5, 0.6) is 0 Å². The zero-order valence-corrected chi connectivity index (χ0v) is 14.3. The standard InChI is InChI=1S/C17H15F2N3O3S/c18-13-3-1-12(2-4-13)11-16-21-17(25-22-16)9-10-20-26(23,24)15-7-5-14(19)6-8-15/h1-8,20H,9-11H2. The molecule has 0 radical (unpaired) electrons. The van der Waals surface area contributed by atoms with Gasteiger partial charge >= 0.3 is 0 Å². The summed E-state index contributed by atoms with van der Waals surface area (Å²) < 4.78 is 57.4. The molecule has 136 valence electrons. The first kappa shape index (κ1) is 18.2. The lowest BCUT2D eigenvalue weighted by atomic mass is 10.1. The van der Waals surface area contributed by atoms with Crippen LogP contribution in [-0.2, 0) is 22.9 Å². The van der Waals surface area contributed by atoms with E-state index in [9.17, 15) is 17.2 Å².